The first-order valence-corrected chi connectivity index (χ1v) is 7.83. The van der Waals surface area contributed by atoms with Crippen LogP contribution in [0.5, 0.6) is 0 Å². The van der Waals surface area contributed by atoms with Crippen molar-refractivity contribution in [2.24, 2.45) is 0 Å². The minimum absolute atomic E-state index is 0.0821. The van der Waals surface area contributed by atoms with Crippen molar-refractivity contribution in [3.63, 3.8) is 0 Å². The van der Waals surface area contributed by atoms with Crippen LogP contribution in [-0.2, 0) is 14.3 Å². The highest BCUT2D eigenvalue weighted by Crippen LogP contribution is 2.09. The normalized spacial score (nSPS) is 18.7. The van der Waals surface area contributed by atoms with Crippen molar-refractivity contribution < 1.29 is 19.6 Å². The third-order valence-corrected chi connectivity index (χ3v) is 3.73. The van der Waals surface area contributed by atoms with E-state index in [2.05, 4.69) is 10.1 Å². The molecule has 112 valence electrons. The lowest BCUT2D eigenvalue weighted by Gasteiger charge is -2.08. The van der Waals surface area contributed by atoms with E-state index in [1.54, 1.807) is 0 Å². The molecule has 1 rings (SSSR count). The topological polar surface area (TPSA) is 52.1 Å². The highest BCUT2D eigenvalue weighted by Gasteiger charge is 2.17. The molecular weight excluding hydrogens is 242 g/mol. The van der Waals surface area contributed by atoms with Crippen LogP contribution in [0.25, 0.3) is 0 Å². The maximum Gasteiger partial charge on any atom is 0.305 e. The zero-order chi connectivity index (χ0) is 13.8. The van der Waals surface area contributed by atoms with Gasteiger partial charge in [-0.3, -0.25) is 4.79 Å². The Labute approximate surface area is 117 Å². The van der Waals surface area contributed by atoms with Gasteiger partial charge >= 0.3 is 5.97 Å². The van der Waals surface area contributed by atoms with Crippen LogP contribution in [0, 0.1) is 0 Å². The van der Waals surface area contributed by atoms with E-state index in [1.807, 2.05) is 0 Å². The van der Waals surface area contributed by atoms with Crippen molar-refractivity contribution in [2.45, 2.75) is 63.9 Å². The fourth-order valence-corrected chi connectivity index (χ4v) is 2.48. The third kappa shape index (κ3) is 9.00. The molecule has 1 unspecified atom stereocenters. The first kappa shape index (κ1) is 16.4. The lowest BCUT2D eigenvalue weighted by molar-refractivity contribution is -0.638. The molecule has 1 atom stereocenters. The highest BCUT2D eigenvalue weighted by molar-refractivity contribution is 5.68. The van der Waals surface area contributed by atoms with Gasteiger partial charge in [-0.1, -0.05) is 32.1 Å². The summed E-state index contributed by atoms with van der Waals surface area (Å²) in [6.07, 6.45) is 10.7. The SMILES string of the molecule is COC(=O)CCCCCCCCCOC1CC[NH2+]C1. The lowest BCUT2D eigenvalue weighted by Crippen LogP contribution is -2.81. The van der Waals surface area contributed by atoms with Crippen molar-refractivity contribution in [1.82, 2.24) is 0 Å². The number of unbranched alkanes of at least 4 members (excludes halogenated alkanes) is 6. The Bertz CT molecular complexity index is 227. The monoisotopic (exact) mass is 272 g/mol. The van der Waals surface area contributed by atoms with Crippen LogP contribution in [0.1, 0.15) is 57.8 Å². The van der Waals surface area contributed by atoms with Gasteiger partial charge in [0.1, 0.15) is 12.6 Å². The Morgan fingerprint density at radius 3 is 2.42 bits per heavy atom. The van der Waals surface area contributed by atoms with E-state index in [4.69, 9.17) is 4.74 Å². The molecule has 0 aromatic rings. The average molecular weight is 272 g/mol. The van der Waals surface area contributed by atoms with Crippen molar-refractivity contribution in [3.8, 4) is 0 Å². The minimum atomic E-state index is -0.0821. The fraction of sp³-hybridized carbons (Fsp3) is 0.933. The van der Waals surface area contributed by atoms with Crippen LogP contribution < -0.4 is 5.32 Å². The van der Waals surface area contributed by atoms with Crippen molar-refractivity contribution in [2.75, 3.05) is 26.8 Å². The van der Waals surface area contributed by atoms with E-state index in [0.29, 0.717) is 12.5 Å². The second-order valence-electron chi connectivity index (χ2n) is 5.40. The molecule has 0 spiro atoms. The summed E-state index contributed by atoms with van der Waals surface area (Å²) in [6, 6.07) is 0. The molecule has 0 aliphatic carbocycles. The summed E-state index contributed by atoms with van der Waals surface area (Å²) in [5, 5.41) is 2.33. The Balaban J connectivity index is 1.72. The predicted molar refractivity (Wildman–Crippen MR) is 75.0 cm³/mol. The molecule has 0 radical (unpaired) electrons. The molecule has 0 bridgehead atoms. The summed E-state index contributed by atoms with van der Waals surface area (Å²) < 4.78 is 10.4. The summed E-state index contributed by atoms with van der Waals surface area (Å²) in [6.45, 7) is 3.32. The van der Waals surface area contributed by atoms with E-state index in [-0.39, 0.29) is 5.97 Å². The Morgan fingerprint density at radius 2 is 1.79 bits per heavy atom. The maximum absolute atomic E-state index is 10.9. The summed E-state index contributed by atoms with van der Waals surface area (Å²) >= 11 is 0. The van der Waals surface area contributed by atoms with Crippen molar-refractivity contribution >= 4 is 5.97 Å². The molecule has 1 saturated heterocycles. The van der Waals surface area contributed by atoms with Crippen molar-refractivity contribution in [3.05, 3.63) is 0 Å². The summed E-state index contributed by atoms with van der Waals surface area (Å²) in [5.41, 5.74) is 0. The van der Waals surface area contributed by atoms with Crippen LogP contribution in [0.4, 0.5) is 0 Å². The molecule has 4 nitrogen and oxygen atoms in total. The van der Waals surface area contributed by atoms with Crippen LogP contribution >= 0.6 is 0 Å². The molecule has 2 N–H and O–H groups in total. The molecule has 0 amide bonds. The molecule has 1 fully saturated rings. The molecule has 4 heteroatoms. The molecule has 1 heterocycles. The van der Waals surface area contributed by atoms with Gasteiger partial charge in [0.15, 0.2) is 0 Å². The van der Waals surface area contributed by atoms with E-state index in [9.17, 15) is 4.79 Å². The smallest absolute Gasteiger partial charge is 0.305 e. The van der Waals surface area contributed by atoms with Gasteiger partial charge in [-0.25, -0.2) is 0 Å². The standard InChI is InChI=1S/C15H29NO3/c1-18-15(17)9-7-5-3-2-4-6-8-12-19-14-10-11-16-13-14/h14,16H,2-13H2,1H3/p+1. The summed E-state index contributed by atoms with van der Waals surface area (Å²) in [5.74, 6) is -0.0821. The Hall–Kier alpha value is -0.610. The number of esters is 1. The number of ether oxygens (including phenoxy) is 2. The van der Waals surface area contributed by atoms with Crippen LogP contribution in [0.3, 0.4) is 0 Å². The minimum Gasteiger partial charge on any atom is -0.469 e. The van der Waals surface area contributed by atoms with Gasteiger partial charge in [0.25, 0.3) is 0 Å². The number of hydrogen-bond donors (Lipinski definition) is 1. The van der Waals surface area contributed by atoms with Gasteiger partial charge in [0, 0.05) is 19.4 Å². The Kier molecular flexibility index (Phi) is 9.72. The largest absolute Gasteiger partial charge is 0.469 e. The number of quaternary nitrogens is 1. The maximum atomic E-state index is 10.9. The van der Waals surface area contributed by atoms with Crippen molar-refractivity contribution in [1.29, 1.82) is 0 Å². The molecule has 19 heavy (non-hydrogen) atoms. The van der Waals surface area contributed by atoms with E-state index in [1.165, 1.54) is 52.2 Å². The van der Waals surface area contributed by atoms with E-state index >= 15 is 0 Å². The van der Waals surface area contributed by atoms with Gasteiger partial charge < -0.3 is 14.8 Å². The number of nitrogens with two attached hydrogens (primary N) is 1. The molecule has 0 aromatic carbocycles. The molecule has 0 aromatic heterocycles. The van der Waals surface area contributed by atoms with Gasteiger partial charge in [0.2, 0.25) is 0 Å². The number of carbonyl (C=O) groups excluding carboxylic acids is 1. The quantitative estimate of drug-likeness (QED) is 0.459. The number of hydrogen-bond acceptors (Lipinski definition) is 3. The molecular formula is C15H30NO3+. The van der Waals surface area contributed by atoms with E-state index in [0.717, 1.165) is 26.0 Å². The van der Waals surface area contributed by atoms with Gasteiger partial charge in [0.05, 0.1) is 13.7 Å². The van der Waals surface area contributed by atoms with Gasteiger partial charge in [-0.15, -0.1) is 0 Å². The number of methoxy groups -OCH3 is 1. The lowest BCUT2D eigenvalue weighted by atomic mass is 10.1. The zero-order valence-electron chi connectivity index (χ0n) is 12.4. The van der Waals surface area contributed by atoms with E-state index < -0.39 is 0 Å². The molecule has 1 aliphatic heterocycles. The second-order valence-corrected chi connectivity index (χ2v) is 5.40. The fourth-order valence-electron chi connectivity index (χ4n) is 2.48. The molecule has 0 saturated carbocycles. The van der Waals surface area contributed by atoms with Gasteiger partial charge in [-0.05, 0) is 12.8 Å². The second kappa shape index (κ2) is 11.2. The predicted octanol–water partition coefficient (Wildman–Crippen LogP) is 1.63. The average Bonchev–Trinajstić information content (AvgIpc) is 2.93. The Morgan fingerprint density at radius 1 is 1.11 bits per heavy atom. The highest BCUT2D eigenvalue weighted by atomic mass is 16.5. The number of rotatable bonds is 11. The first-order valence-electron chi connectivity index (χ1n) is 7.83. The molecule has 1 aliphatic rings. The van der Waals surface area contributed by atoms with Crippen LogP contribution in [0.15, 0.2) is 0 Å². The third-order valence-electron chi connectivity index (χ3n) is 3.73. The van der Waals surface area contributed by atoms with Crippen LogP contribution in [0.2, 0.25) is 0 Å². The van der Waals surface area contributed by atoms with Crippen LogP contribution in [-0.4, -0.2) is 38.9 Å². The number of carbonyl (C=O) groups is 1. The zero-order valence-corrected chi connectivity index (χ0v) is 12.4. The first-order chi connectivity index (χ1) is 9.33. The summed E-state index contributed by atoms with van der Waals surface area (Å²) in [4.78, 5) is 10.9. The summed E-state index contributed by atoms with van der Waals surface area (Å²) in [7, 11) is 1.45. The van der Waals surface area contributed by atoms with Gasteiger partial charge in [-0.2, -0.15) is 0 Å².